The fraction of sp³-hybridized carbons (Fsp3) is 0.583. The van der Waals surface area contributed by atoms with Gasteiger partial charge in [-0.15, -0.1) is 0 Å². The molecule has 0 atom stereocenters. The van der Waals surface area contributed by atoms with Crippen LogP contribution in [0.3, 0.4) is 0 Å². The summed E-state index contributed by atoms with van der Waals surface area (Å²) in [6.45, 7) is 4.28. The van der Waals surface area contributed by atoms with Gasteiger partial charge in [-0.05, 0) is 36.6 Å². The fourth-order valence-electron chi connectivity index (χ4n) is 1.86. The average Bonchev–Trinajstić information content (AvgIpc) is 2.75. The third kappa shape index (κ3) is 3.48. The van der Waals surface area contributed by atoms with Gasteiger partial charge in [0.25, 0.3) is 5.91 Å². The van der Waals surface area contributed by atoms with Crippen LogP contribution in [0.4, 0.5) is 0 Å². The van der Waals surface area contributed by atoms with E-state index in [2.05, 4.69) is 0 Å². The Labute approximate surface area is 106 Å². The summed E-state index contributed by atoms with van der Waals surface area (Å²) in [6, 6.07) is 3.20. The van der Waals surface area contributed by atoms with Crippen molar-refractivity contribution in [3.8, 4) is 0 Å². The summed E-state index contributed by atoms with van der Waals surface area (Å²) in [5.41, 5.74) is 0. The molecule has 1 rings (SSSR count). The van der Waals surface area contributed by atoms with Crippen molar-refractivity contribution in [2.24, 2.45) is 0 Å². The van der Waals surface area contributed by atoms with Gasteiger partial charge in [-0.1, -0.05) is 13.8 Å². The van der Waals surface area contributed by atoms with Gasteiger partial charge in [-0.2, -0.15) is 0 Å². The van der Waals surface area contributed by atoms with Gasteiger partial charge in [0, 0.05) is 12.6 Å². The molecule has 0 radical (unpaired) electrons. The molecule has 0 aliphatic heterocycles. The summed E-state index contributed by atoms with van der Waals surface area (Å²) >= 11 is 5.65. The van der Waals surface area contributed by atoms with E-state index in [1.54, 1.807) is 17.0 Å². The normalized spacial score (nSPS) is 10.9. The van der Waals surface area contributed by atoms with Crippen molar-refractivity contribution in [1.82, 2.24) is 4.90 Å². The highest BCUT2D eigenvalue weighted by atomic mass is 35.5. The Balaban J connectivity index is 2.86. The molecule has 0 aliphatic carbocycles. The number of nitrogens with zero attached hydrogens (tertiary/aromatic N) is 1. The molecule has 5 heteroatoms. The van der Waals surface area contributed by atoms with Crippen LogP contribution in [0.1, 0.15) is 37.2 Å². The van der Waals surface area contributed by atoms with E-state index in [0.29, 0.717) is 6.54 Å². The molecule has 17 heavy (non-hydrogen) atoms. The molecular weight excluding hydrogens is 242 g/mol. The summed E-state index contributed by atoms with van der Waals surface area (Å²) in [5, 5.41) is 9.22. The topological polar surface area (TPSA) is 53.7 Å². The second-order valence-corrected chi connectivity index (χ2v) is 4.17. The molecule has 0 spiro atoms. The van der Waals surface area contributed by atoms with Gasteiger partial charge in [0.1, 0.15) is 0 Å². The van der Waals surface area contributed by atoms with Crippen LogP contribution in [0.2, 0.25) is 5.22 Å². The molecule has 96 valence electrons. The van der Waals surface area contributed by atoms with Gasteiger partial charge in [0.15, 0.2) is 11.0 Å². The maximum atomic E-state index is 12.2. The van der Waals surface area contributed by atoms with E-state index in [0.717, 1.165) is 12.8 Å². The van der Waals surface area contributed by atoms with Gasteiger partial charge in [-0.25, -0.2) is 0 Å². The van der Waals surface area contributed by atoms with Crippen molar-refractivity contribution < 1.29 is 14.3 Å². The van der Waals surface area contributed by atoms with E-state index in [4.69, 9.17) is 21.1 Å². The molecule has 1 N–H and O–H groups in total. The Morgan fingerprint density at radius 1 is 1.47 bits per heavy atom. The highest BCUT2D eigenvalue weighted by molar-refractivity contribution is 6.29. The number of amides is 1. The van der Waals surface area contributed by atoms with E-state index in [9.17, 15) is 4.79 Å². The van der Waals surface area contributed by atoms with Gasteiger partial charge in [0.05, 0.1) is 6.61 Å². The minimum atomic E-state index is -0.223. The third-order valence-electron chi connectivity index (χ3n) is 2.77. The SMILES string of the molecule is CCC(CC)N(CCO)C(=O)c1ccc(Cl)o1. The van der Waals surface area contributed by atoms with Crippen LogP contribution < -0.4 is 0 Å². The van der Waals surface area contributed by atoms with Crippen molar-refractivity contribution >= 4 is 17.5 Å². The number of aliphatic hydroxyl groups excluding tert-OH is 1. The van der Waals surface area contributed by atoms with Crippen LogP contribution in [0.5, 0.6) is 0 Å². The molecule has 1 aromatic heterocycles. The van der Waals surface area contributed by atoms with Crippen LogP contribution in [-0.2, 0) is 0 Å². The van der Waals surface area contributed by atoms with Crippen LogP contribution >= 0.6 is 11.6 Å². The van der Waals surface area contributed by atoms with Crippen molar-refractivity contribution in [3.63, 3.8) is 0 Å². The minimum absolute atomic E-state index is 0.0588. The first-order valence-electron chi connectivity index (χ1n) is 5.81. The molecule has 0 fully saturated rings. The molecule has 0 bridgehead atoms. The molecule has 0 saturated heterocycles. The quantitative estimate of drug-likeness (QED) is 0.854. The second kappa shape index (κ2) is 6.67. The number of rotatable bonds is 6. The zero-order valence-corrected chi connectivity index (χ0v) is 10.9. The predicted octanol–water partition coefficient (Wildman–Crippen LogP) is 2.56. The Kier molecular flexibility index (Phi) is 5.51. The van der Waals surface area contributed by atoms with Crippen LogP contribution in [0.15, 0.2) is 16.5 Å². The van der Waals surface area contributed by atoms with Crippen molar-refractivity contribution in [3.05, 3.63) is 23.1 Å². The van der Waals surface area contributed by atoms with Crippen LogP contribution in [0.25, 0.3) is 0 Å². The molecule has 0 saturated carbocycles. The summed E-state index contributed by atoms with van der Waals surface area (Å²) in [6.07, 6.45) is 1.69. The predicted molar refractivity (Wildman–Crippen MR) is 66.2 cm³/mol. The van der Waals surface area contributed by atoms with E-state index in [1.165, 1.54) is 0 Å². The zero-order chi connectivity index (χ0) is 12.8. The van der Waals surface area contributed by atoms with Crippen molar-refractivity contribution in [1.29, 1.82) is 0 Å². The summed E-state index contributed by atoms with van der Waals surface area (Å²) in [5.74, 6) is -0.00463. The Hall–Kier alpha value is -1.00. The first-order chi connectivity index (χ1) is 8.13. The van der Waals surface area contributed by atoms with E-state index < -0.39 is 0 Å². The monoisotopic (exact) mass is 259 g/mol. The molecule has 1 heterocycles. The lowest BCUT2D eigenvalue weighted by Crippen LogP contribution is -2.41. The lowest BCUT2D eigenvalue weighted by atomic mass is 10.1. The lowest BCUT2D eigenvalue weighted by molar-refractivity contribution is 0.0590. The first-order valence-corrected chi connectivity index (χ1v) is 6.18. The number of carbonyl (C=O) groups is 1. The van der Waals surface area contributed by atoms with Crippen LogP contribution in [-0.4, -0.2) is 35.1 Å². The van der Waals surface area contributed by atoms with Crippen LogP contribution in [0, 0.1) is 0 Å². The largest absolute Gasteiger partial charge is 0.440 e. The number of hydrogen-bond donors (Lipinski definition) is 1. The fourth-order valence-corrected chi connectivity index (χ4v) is 2.00. The van der Waals surface area contributed by atoms with Gasteiger partial charge in [-0.3, -0.25) is 4.79 Å². The molecule has 0 unspecified atom stereocenters. The molecule has 1 amide bonds. The number of aliphatic hydroxyl groups is 1. The Morgan fingerprint density at radius 3 is 2.53 bits per heavy atom. The van der Waals surface area contributed by atoms with Crippen molar-refractivity contribution in [2.75, 3.05) is 13.2 Å². The maximum Gasteiger partial charge on any atom is 0.289 e. The van der Waals surface area contributed by atoms with Gasteiger partial charge < -0.3 is 14.4 Å². The second-order valence-electron chi connectivity index (χ2n) is 3.80. The highest BCUT2D eigenvalue weighted by Crippen LogP contribution is 2.18. The van der Waals surface area contributed by atoms with Gasteiger partial charge >= 0.3 is 0 Å². The molecule has 1 aromatic rings. The molecular formula is C12H18ClNO3. The Bertz CT molecular complexity index is 360. The number of carbonyl (C=O) groups excluding carboxylic acids is 1. The molecule has 4 nitrogen and oxygen atoms in total. The lowest BCUT2D eigenvalue weighted by Gasteiger charge is -2.29. The first kappa shape index (κ1) is 14.1. The summed E-state index contributed by atoms with van der Waals surface area (Å²) in [4.78, 5) is 13.8. The number of hydrogen-bond acceptors (Lipinski definition) is 3. The van der Waals surface area contributed by atoms with Gasteiger partial charge in [0.2, 0.25) is 0 Å². The van der Waals surface area contributed by atoms with E-state index >= 15 is 0 Å². The highest BCUT2D eigenvalue weighted by Gasteiger charge is 2.24. The standard InChI is InChI=1S/C12H18ClNO3/c1-3-9(4-2)14(7-8-15)12(16)10-5-6-11(13)17-10/h5-6,9,15H,3-4,7-8H2,1-2H3. The maximum absolute atomic E-state index is 12.2. The smallest absolute Gasteiger partial charge is 0.289 e. The average molecular weight is 260 g/mol. The number of halogens is 1. The third-order valence-corrected chi connectivity index (χ3v) is 2.97. The minimum Gasteiger partial charge on any atom is -0.440 e. The van der Waals surface area contributed by atoms with E-state index in [-0.39, 0.29) is 29.5 Å². The summed E-state index contributed by atoms with van der Waals surface area (Å²) < 4.78 is 5.10. The Morgan fingerprint density at radius 2 is 2.12 bits per heavy atom. The summed E-state index contributed by atoms with van der Waals surface area (Å²) in [7, 11) is 0. The van der Waals surface area contributed by atoms with E-state index in [1.807, 2.05) is 13.8 Å². The molecule has 0 aromatic carbocycles. The van der Waals surface area contributed by atoms with Crippen molar-refractivity contribution in [2.45, 2.75) is 32.7 Å². The number of furan rings is 1. The molecule has 0 aliphatic rings. The zero-order valence-electron chi connectivity index (χ0n) is 10.1.